The van der Waals surface area contributed by atoms with E-state index in [9.17, 15) is 4.79 Å². The zero-order valence-electron chi connectivity index (χ0n) is 13.7. The van der Waals surface area contributed by atoms with Crippen LogP contribution < -0.4 is 9.47 Å². The van der Waals surface area contributed by atoms with Gasteiger partial charge in [0.25, 0.3) is 0 Å². The fourth-order valence-electron chi connectivity index (χ4n) is 2.38. The third-order valence-electron chi connectivity index (χ3n) is 3.79. The highest BCUT2D eigenvalue weighted by molar-refractivity contribution is 6.09. The molecule has 0 aromatic heterocycles. The predicted molar refractivity (Wildman–Crippen MR) is 94.1 cm³/mol. The van der Waals surface area contributed by atoms with Crippen LogP contribution in [0.4, 0.5) is 0 Å². The lowest BCUT2D eigenvalue weighted by Crippen LogP contribution is -2.01. The average molecular weight is 318 g/mol. The number of hydrogen-bond donors (Lipinski definition) is 0. The maximum atomic E-state index is 12.5. The van der Waals surface area contributed by atoms with Gasteiger partial charge in [-0.1, -0.05) is 18.2 Å². The van der Waals surface area contributed by atoms with E-state index in [1.165, 1.54) is 0 Å². The predicted octanol–water partition coefficient (Wildman–Crippen LogP) is 5.03. The summed E-state index contributed by atoms with van der Waals surface area (Å²) in [5.41, 5.74) is 2.32. The lowest BCUT2D eigenvalue weighted by atomic mass is 10.0. The van der Waals surface area contributed by atoms with Gasteiger partial charge in [0.05, 0.1) is 7.11 Å². The molecule has 0 aliphatic rings. The number of para-hydroxylation sites is 1. The first kappa shape index (κ1) is 15.8. The zero-order chi connectivity index (χ0) is 16.9. The molecule has 0 bridgehead atoms. The molecule has 0 atom stereocenters. The van der Waals surface area contributed by atoms with E-state index in [1.807, 2.05) is 43.3 Å². The number of benzene rings is 3. The number of aryl methyl sites for hydroxylation is 1. The molecule has 3 aromatic carbocycles. The lowest BCUT2D eigenvalue weighted by molar-refractivity contribution is 0.103. The van der Waals surface area contributed by atoms with Gasteiger partial charge >= 0.3 is 0 Å². The van der Waals surface area contributed by atoms with Crippen molar-refractivity contribution in [1.82, 2.24) is 0 Å². The number of ether oxygens (including phenoxy) is 2. The highest BCUT2D eigenvalue weighted by Crippen LogP contribution is 2.25. The Morgan fingerprint density at radius 2 is 1.29 bits per heavy atom. The van der Waals surface area contributed by atoms with Crippen molar-refractivity contribution < 1.29 is 14.3 Å². The SMILES string of the molecule is COc1ccc(C(=O)c2ccc(Oc3ccccc3C)cc2)cc1. The number of rotatable bonds is 5. The van der Waals surface area contributed by atoms with Crippen LogP contribution in [0.2, 0.25) is 0 Å². The van der Waals surface area contributed by atoms with Crippen LogP contribution in [0.15, 0.2) is 72.8 Å². The maximum absolute atomic E-state index is 12.5. The van der Waals surface area contributed by atoms with Gasteiger partial charge in [-0.05, 0) is 67.1 Å². The van der Waals surface area contributed by atoms with E-state index in [0.29, 0.717) is 16.9 Å². The van der Waals surface area contributed by atoms with Crippen molar-refractivity contribution in [3.8, 4) is 17.2 Å². The summed E-state index contributed by atoms with van der Waals surface area (Å²) in [4.78, 5) is 12.5. The molecule has 0 aliphatic heterocycles. The summed E-state index contributed by atoms with van der Waals surface area (Å²) < 4.78 is 11.0. The molecule has 0 N–H and O–H groups in total. The molecule has 0 saturated carbocycles. The van der Waals surface area contributed by atoms with Gasteiger partial charge in [-0.3, -0.25) is 4.79 Å². The van der Waals surface area contributed by atoms with Crippen LogP contribution in [0.3, 0.4) is 0 Å². The minimum atomic E-state index is -0.0277. The van der Waals surface area contributed by atoms with Gasteiger partial charge < -0.3 is 9.47 Å². The van der Waals surface area contributed by atoms with Gasteiger partial charge in [0, 0.05) is 11.1 Å². The average Bonchev–Trinajstić information content (AvgIpc) is 2.64. The van der Waals surface area contributed by atoms with E-state index in [1.54, 1.807) is 43.5 Å². The van der Waals surface area contributed by atoms with Crippen LogP contribution in [0.1, 0.15) is 21.5 Å². The Balaban J connectivity index is 1.76. The van der Waals surface area contributed by atoms with Crippen molar-refractivity contribution >= 4 is 5.78 Å². The highest BCUT2D eigenvalue weighted by Gasteiger charge is 2.09. The minimum absolute atomic E-state index is 0.0277. The Morgan fingerprint density at radius 3 is 1.83 bits per heavy atom. The minimum Gasteiger partial charge on any atom is -0.497 e. The Hall–Kier alpha value is -3.07. The van der Waals surface area contributed by atoms with E-state index in [2.05, 4.69) is 0 Å². The van der Waals surface area contributed by atoms with E-state index < -0.39 is 0 Å². The highest BCUT2D eigenvalue weighted by atomic mass is 16.5. The monoisotopic (exact) mass is 318 g/mol. The zero-order valence-corrected chi connectivity index (χ0v) is 13.7. The first-order valence-electron chi connectivity index (χ1n) is 7.69. The van der Waals surface area contributed by atoms with Gasteiger partial charge in [-0.25, -0.2) is 0 Å². The molecule has 0 aliphatic carbocycles. The molecule has 120 valence electrons. The quantitative estimate of drug-likeness (QED) is 0.619. The summed E-state index contributed by atoms with van der Waals surface area (Å²) in [6.45, 7) is 2.00. The fourth-order valence-corrected chi connectivity index (χ4v) is 2.38. The molecule has 3 rings (SSSR count). The third-order valence-corrected chi connectivity index (χ3v) is 3.79. The standard InChI is InChI=1S/C21H18O3/c1-15-5-3-4-6-20(15)24-19-13-9-17(10-14-19)21(22)16-7-11-18(23-2)12-8-16/h3-14H,1-2H3. The van der Waals surface area contributed by atoms with Gasteiger partial charge in [0.1, 0.15) is 17.2 Å². The Bertz CT molecular complexity index is 834. The number of methoxy groups -OCH3 is 1. The summed E-state index contributed by atoms with van der Waals surface area (Å²) in [6, 6.07) is 22.1. The van der Waals surface area contributed by atoms with Crippen LogP contribution in [0, 0.1) is 6.92 Å². The molecule has 0 spiro atoms. The summed E-state index contributed by atoms with van der Waals surface area (Å²) in [5.74, 6) is 2.22. The molecule has 0 amide bonds. The second-order valence-corrected chi connectivity index (χ2v) is 5.45. The fraction of sp³-hybridized carbons (Fsp3) is 0.0952. The van der Waals surface area contributed by atoms with Crippen molar-refractivity contribution in [2.75, 3.05) is 7.11 Å². The largest absolute Gasteiger partial charge is 0.497 e. The van der Waals surface area contributed by atoms with Crippen LogP contribution in [-0.2, 0) is 0 Å². The van der Waals surface area contributed by atoms with Gasteiger partial charge in [0.15, 0.2) is 5.78 Å². The lowest BCUT2D eigenvalue weighted by Gasteiger charge is -2.09. The van der Waals surface area contributed by atoms with Gasteiger partial charge in [-0.2, -0.15) is 0 Å². The van der Waals surface area contributed by atoms with E-state index >= 15 is 0 Å². The van der Waals surface area contributed by atoms with Crippen molar-refractivity contribution in [3.05, 3.63) is 89.5 Å². The first-order chi connectivity index (χ1) is 11.7. The Morgan fingerprint density at radius 1 is 0.750 bits per heavy atom. The molecule has 0 fully saturated rings. The van der Waals surface area contributed by atoms with Crippen LogP contribution in [0.25, 0.3) is 0 Å². The van der Waals surface area contributed by atoms with E-state index in [4.69, 9.17) is 9.47 Å². The smallest absolute Gasteiger partial charge is 0.193 e. The summed E-state index contributed by atoms with van der Waals surface area (Å²) >= 11 is 0. The summed E-state index contributed by atoms with van der Waals surface area (Å²) in [5, 5.41) is 0. The molecular weight excluding hydrogens is 300 g/mol. The maximum Gasteiger partial charge on any atom is 0.193 e. The molecule has 24 heavy (non-hydrogen) atoms. The van der Waals surface area contributed by atoms with E-state index in [-0.39, 0.29) is 5.78 Å². The molecule has 0 heterocycles. The molecular formula is C21H18O3. The molecule has 3 nitrogen and oxygen atoms in total. The van der Waals surface area contributed by atoms with Crippen molar-refractivity contribution in [2.45, 2.75) is 6.92 Å². The van der Waals surface area contributed by atoms with Crippen LogP contribution in [0.5, 0.6) is 17.2 Å². The van der Waals surface area contributed by atoms with Crippen LogP contribution >= 0.6 is 0 Å². The number of ketones is 1. The first-order valence-corrected chi connectivity index (χ1v) is 7.69. The molecule has 0 unspecified atom stereocenters. The van der Waals surface area contributed by atoms with Crippen molar-refractivity contribution in [3.63, 3.8) is 0 Å². The van der Waals surface area contributed by atoms with Crippen molar-refractivity contribution in [2.24, 2.45) is 0 Å². The normalized spacial score (nSPS) is 10.2. The Labute approximate surface area is 141 Å². The molecule has 0 radical (unpaired) electrons. The summed E-state index contributed by atoms with van der Waals surface area (Å²) in [7, 11) is 1.60. The molecule has 3 heteroatoms. The third kappa shape index (κ3) is 3.46. The van der Waals surface area contributed by atoms with Crippen molar-refractivity contribution in [1.29, 1.82) is 0 Å². The number of carbonyl (C=O) groups excluding carboxylic acids is 1. The second kappa shape index (κ2) is 7.01. The summed E-state index contributed by atoms with van der Waals surface area (Å²) in [6.07, 6.45) is 0. The van der Waals surface area contributed by atoms with E-state index in [0.717, 1.165) is 17.1 Å². The molecule has 3 aromatic rings. The second-order valence-electron chi connectivity index (χ2n) is 5.45. The van der Waals surface area contributed by atoms with Gasteiger partial charge in [0.2, 0.25) is 0 Å². The van der Waals surface area contributed by atoms with Crippen LogP contribution in [-0.4, -0.2) is 12.9 Å². The van der Waals surface area contributed by atoms with Gasteiger partial charge in [-0.15, -0.1) is 0 Å². The number of hydrogen-bond acceptors (Lipinski definition) is 3. The number of carbonyl (C=O) groups is 1. The molecule has 0 saturated heterocycles. The Kier molecular flexibility index (Phi) is 4.62. The topological polar surface area (TPSA) is 35.5 Å².